The quantitative estimate of drug-likeness (QED) is 0.767. The Hall–Kier alpha value is -1.61. The number of rotatable bonds is 2. The zero-order valence-corrected chi connectivity index (χ0v) is 11.0. The molecular weight excluding hydrogens is 242 g/mol. The molecule has 0 unspecified atom stereocenters. The second kappa shape index (κ2) is 4.94. The molecule has 0 fully saturated rings. The Balaban J connectivity index is 1.88. The average molecular weight is 257 g/mol. The first-order chi connectivity index (χ1) is 8.86. The van der Waals surface area contributed by atoms with Gasteiger partial charge in [0.25, 0.3) is 0 Å². The number of anilines is 1. The molecule has 0 bridgehead atoms. The fourth-order valence-corrected chi connectivity index (χ4v) is 3.21. The van der Waals surface area contributed by atoms with Crippen LogP contribution in [-0.4, -0.2) is 12.8 Å². The predicted octanol–water partition coefficient (Wildman–Crippen LogP) is 3.51. The number of carbonyl (C=O) groups excluding carboxylic acids is 1. The lowest BCUT2D eigenvalue weighted by atomic mass is 10.0. The number of thiophene rings is 1. The summed E-state index contributed by atoms with van der Waals surface area (Å²) in [5, 5.41) is 2.08. The lowest BCUT2D eigenvalue weighted by Crippen LogP contribution is -2.21. The normalized spacial score (nSPS) is 15.0. The number of carbonyl (C=O) groups is 1. The van der Waals surface area contributed by atoms with Gasteiger partial charge >= 0.3 is 0 Å². The Kier molecular flexibility index (Phi) is 3.15. The predicted molar refractivity (Wildman–Crippen MR) is 75.5 cm³/mol. The Morgan fingerprint density at radius 2 is 2.06 bits per heavy atom. The van der Waals surface area contributed by atoms with Crippen molar-refractivity contribution in [3.63, 3.8) is 0 Å². The maximum atomic E-state index is 10.8. The van der Waals surface area contributed by atoms with E-state index in [0.717, 1.165) is 30.7 Å². The third kappa shape index (κ3) is 2.18. The lowest BCUT2D eigenvalue weighted by molar-refractivity contribution is 0.112. The van der Waals surface area contributed by atoms with Crippen LogP contribution in [0, 0.1) is 0 Å². The second-order valence-electron chi connectivity index (χ2n) is 4.62. The topological polar surface area (TPSA) is 20.3 Å². The van der Waals surface area contributed by atoms with E-state index < -0.39 is 0 Å². The molecule has 2 heterocycles. The van der Waals surface area contributed by atoms with Gasteiger partial charge in [-0.15, -0.1) is 11.3 Å². The molecule has 1 aliphatic rings. The first kappa shape index (κ1) is 11.5. The minimum atomic E-state index is 0.808. The number of aldehydes is 1. The van der Waals surface area contributed by atoms with E-state index in [4.69, 9.17) is 0 Å². The SMILES string of the molecule is O=Cc1cc(N2CCCc3ccccc3C2)cs1. The van der Waals surface area contributed by atoms with Crippen LogP contribution in [0.1, 0.15) is 27.2 Å². The Morgan fingerprint density at radius 1 is 1.22 bits per heavy atom. The molecular formula is C15H15NOS. The van der Waals surface area contributed by atoms with E-state index in [1.165, 1.54) is 34.6 Å². The molecule has 0 radical (unpaired) electrons. The average Bonchev–Trinajstić information content (AvgIpc) is 2.78. The summed E-state index contributed by atoms with van der Waals surface area (Å²) in [5.41, 5.74) is 4.05. The maximum Gasteiger partial charge on any atom is 0.160 e. The van der Waals surface area contributed by atoms with E-state index in [0.29, 0.717) is 0 Å². The first-order valence-electron chi connectivity index (χ1n) is 6.22. The highest BCUT2D eigenvalue weighted by Gasteiger charge is 2.15. The first-order valence-corrected chi connectivity index (χ1v) is 7.10. The number of hydrogen-bond donors (Lipinski definition) is 0. The van der Waals surface area contributed by atoms with Crippen molar-refractivity contribution in [1.82, 2.24) is 0 Å². The molecule has 0 amide bonds. The van der Waals surface area contributed by atoms with E-state index in [2.05, 4.69) is 34.5 Å². The summed E-state index contributed by atoms with van der Waals surface area (Å²) < 4.78 is 0. The van der Waals surface area contributed by atoms with Crippen LogP contribution in [0.25, 0.3) is 0 Å². The van der Waals surface area contributed by atoms with Gasteiger partial charge in [-0.2, -0.15) is 0 Å². The van der Waals surface area contributed by atoms with Crippen molar-refractivity contribution < 1.29 is 4.79 Å². The molecule has 0 saturated heterocycles. The Bertz CT molecular complexity index is 561. The number of aryl methyl sites for hydroxylation is 1. The van der Waals surface area contributed by atoms with Gasteiger partial charge in [-0.1, -0.05) is 24.3 Å². The van der Waals surface area contributed by atoms with Gasteiger partial charge in [-0.3, -0.25) is 4.79 Å². The van der Waals surface area contributed by atoms with Crippen molar-refractivity contribution in [3.05, 3.63) is 51.7 Å². The summed E-state index contributed by atoms with van der Waals surface area (Å²) in [7, 11) is 0. The molecule has 1 aromatic carbocycles. The Labute approximate surface area is 111 Å². The van der Waals surface area contributed by atoms with Crippen molar-refractivity contribution in [1.29, 1.82) is 0 Å². The molecule has 3 rings (SSSR count). The summed E-state index contributed by atoms with van der Waals surface area (Å²) in [6.07, 6.45) is 3.25. The molecule has 0 aliphatic carbocycles. The van der Waals surface area contributed by atoms with Gasteiger partial charge in [-0.05, 0) is 30.0 Å². The van der Waals surface area contributed by atoms with Crippen LogP contribution in [0.4, 0.5) is 5.69 Å². The molecule has 1 aliphatic heterocycles. The summed E-state index contributed by atoms with van der Waals surface area (Å²) in [6.45, 7) is 2.01. The van der Waals surface area contributed by atoms with Crippen molar-refractivity contribution >= 4 is 23.3 Å². The summed E-state index contributed by atoms with van der Waals surface area (Å²) in [5.74, 6) is 0. The minimum absolute atomic E-state index is 0.808. The summed E-state index contributed by atoms with van der Waals surface area (Å²) in [4.78, 5) is 13.9. The van der Waals surface area contributed by atoms with Gasteiger partial charge in [0.15, 0.2) is 6.29 Å². The molecule has 92 valence electrons. The fourth-order valence-electron chi connectivity index (χ4n) is 2.49. The van der Waals surface area contributed by atoms with E-state index in [9.17, 15) is 4.79 Å². The van der Waals surface area contributed by atoms with Crippen LogP contribution < -0.4 is 4.90 Å². The van der Waals surface area contributed by atoms with E-state index in [1.807, 2.05) is 6.07 Å². The van der Waals surface area contributed by atoms with Crippen molar-refractivity contribution in [2.45, 2.75) is 19.4 Å². The maximum absolute atomic E-state index is 10.8. The molecule has 0 atom stereocenters. The second-order valence-corrected chi connectivity index (χ2v) is 5.56. The number of hydrogen-bond acceptors (Lipinski definition) is 3. The van der Waals surface area contributed by atoms with Crippen LogP contribution in [0.15, 0.2) is 35.7 Å². The number of benzene rings is 1. The number of nitrogens with zero attached hydrogens (tertiary/aromatic N) is 1. The largest absolute Gasteiger partial charge is 0.366 e. The van der Waals surface area contributed by atoms with Gasteiger partial charge in [0.05, 0.1) is 4.88 Å². The third-order valence-electron chi connectivity index (χ3n) is 3.44. The lowest BCUT2D eigenvalue weighted by Gasteiger charge is -2.21. The third-order valence-corrected chi connectivity index (χ3v) is 4.29. The van der Waals surface area contributed by atoms with E-state index in [-0.39, 0.29) is 0 Å². The highest BCUT2D eigenvalue weighted by atomic mass is 32.1. The van der Waals surface area contributed by atoms with Gasteiger partial charge in [0, 0.05) is 24.2 Å². The van der Waals surface area contributed by atoms with Gasteiger partial charge in [0.1, 0.15) is 0 Å². The number of fused-ring (bicyclic) bond motifs is 1. The molecule has 2 aromatic rings. The van der Waals surface area contributed by atoms with Crippen LogP contribution in [0.2, 0.25) is 0 Å². The zero-order chi connectivity index (χ0) is 12.4. The van der Waals surface area contributed by atoms with E-state index >= 15 is 0 Å². The molecule has 0 saturated carbocycles. The van der Waals surface area contributed by atoms with Crippen molar-refractivity contribution in [2.24, 2.45) is 0 Å². The van der Waals surface area contributed by atoms with Crippen LogP contribution in [0.3, 0.4) is 0 Å². The molecule has 18 heavy (non-hydrogen) atoms. The Morgan fingerprint density at radius 3 is 2.83 bits per heavy atom. The van der Waals surface area contributed by atoms with Gasteiger partial charge in [-0.25, -0.2) is 0 Å². The van der Waals surface area contributed by atoms with Crippen molar-refractivity contribution in [3.8, 4) is 0 Å². The smallest absolute Gasteiger partial charge is 0.160 e. The molecule has 0 spiro atoms. The van der Waals surface area contributed by atoms with Crippen LogP contribution in [0.5, 0.6) is 0 Å². The highest BCUT2D eigenvalue weighted by molar-refractivity contribution is 7.12. The fraction of sp³-hybridized carbons (Fsp3) is 0.267. The summed E-state index contributed by atoms with van der Waals surface area (Å²) >= 11 is 1.52. The molecule has 1 aromatic heterocycles. The monoisotopic (exact) mass is 257 g/mol. The molecule has 3 heteroatoms. The van der Waals surface area contributed by atoms with Crippen LogP contribution in [-0.2, 0) is 13.0 Å². The van der Waals surface area contributed by atoms with Crippen molar-refractivity contribution in [2.75, 3.05) is 11.4 Å². The van der Waals surface area contributed by atoms with E-state index in [1.54, 1.807) is 0 Å². The minimum Gasteiger partial charge on any atom is -0.366 e. The highest BCUT2D eigenvalue weighted by Crippen LogP contribution is 2.27. The zero-order valence-electron chi connectivity index (χ0n) is 10.1. The molecule has 0 N–H and O–H groups in total. The molecule has 2 nitrogen and oxygen atoms in total. The summed E-state index contributed by atoms with van der Waals surface area (Å²) in [6, 6.07) is 10.6. The standard InChI is InChI=1S/C15H15NOS/c17-10-15-8-14(11-18-15)16-7-3-6-12-4-1-2-5-13(12)9-16/h1-2,4-5,8,10-11H,3,6-7,9H2. The van der Waals surface area contributed by atoms with Gasteiger partial charge < -0.3 is 4.90 Å². The van der Waals surface area contributed by atoms with Crippen LogP contribution >= 0.6 is 11.3 Å². The van der Waals surface area contributed by atoms with Gasteiger partial charge in [0.2, 0.25) is 0 Å².